The number of carbonyl (C=O) groups is 2. The van der Waals surface area contributed by atoms with Crippen LogP contribution in [0.3, 0.4) is 0 Å². The number of nitrogens with zero attached hydrogens (tertiary/aromatic N) is 2. The standard InChI is InChI=1S/C40H52ClN3O9S/c1-26(46)43-17-4-5-19-44(39(51)38(50)37(49)36(48)34(47)24-45)20-6-7-21-54-29-12-13-33(41)27(22-29)25-52-40(15-16-40)32-23-42-18-14-30(32)31-8-2-3-9-35(31)53-28-10-11-28/h2-3,8-9,12-14,18,22-23,28,34,36-38,45,47-50H,4-7,10-11,15-17,19-21,24-25H2,1H3,(H,43,46)/t34-,36+,37-,38-/m0/s1. The number of hydrogen-bond donors (Lipinski definition) is 6. The second kappa shape index (κ2) is 20.1. The largest absolute Gasteiger partial charge is 0.490 e. The normalized spacial score (nSPS) is 16.9. The number of para-hydroxylation sites is 1. The predicted octanol–water partition coefficient (Wildman–Crippen LogP) is 4.20. The van der Waals surface area contributed by atoms with Crippen molar-refractivity contribution < 1.29 is 44.6 Å². The van der Waals surface area contributed by atoms with Gasteiger partial charge < -0.3 is 45.2 Å². The Labute approximate surface area is 325 Å². The highest BCUT2D eigenvalue weighted by Crippen LogP contribution is 2.53. The van der Waals surface area contributed by atoms with E-state index in [1.54, 1.807) is 18.0 Å². The summed E-state index contributed by atoms with van der Waals surface area (Å²) in [6, 6.07) is 16.0. The number of aliphatic hydroxyl groups is 5. The summed E-state index contributed by atoms with van der Waals surface area (Å²) in [6.07, 6.45) is 2.77. The Hall–Kier alpha value is -3.27. The van der Waals surface area contributed by atoms with Crippen molar-refractivity contribution in [2.45, 2.75) is 106 Å². The van der Waals surface area contributed by atoms with Crippen LogP contribution < -0.4 is 10.1 Å². The first kappa shape index (κ1) is 41.9. The van der Waals surface area contributed by atoms with Gasteiger partial charge in [-0.2, -0.15) is 0 Å². The fraction of sp³-hybridized carbons (Fsp3) is 0.525. The van der Waals surface area contributed by atoms with Gasteiger partial charge in [0.2, 0.25) is 5.91 Å². The van der Waals surface area contributed by atoms with Gasteiger partial charge in [0, 0.05) is 60.0 Å². The molecule has 0 aliphatic heterocycles. The highest BCUT2D eigenvalue weighted by molar-refractivity contribution is 7.99. The monoisotopic (exact) mass is 785 g/mol. The fourth-order valence-electron chi connectivity index (χ4n) is 6.20. The summed E-state index contributed by atoms with van der Waals surface area (Å²) >= 11 is 8.31. The smallest absolute Gasteiger partial charge is 0.254 e. The zero-order chi connectivity index (χ0) is 38.7. The molecule has 12 nitrogen and oxygen atoms in total. The van der Waals surface area contributed by atoms with Crippen LogP contribution in [0.1, 0.15) is 69.4 Å². The van der Waals surface area contributed by atoms with Gasteiger partial charge in [0.25, 0.3) is 5.91 Å². The number of benzene rings is 2. The maximum Gasteiger partial charge on any atom is 0.254 e. The van der Waals surface area contributed by atoms with E-state index in [1.165, 1.54) is 11.8 Å². The van der Waals surface area contributed by atoms with Gasteiger partial charge in [0.05, 0.1) is 24.9 Å². The minimum absolute atomic E-state index is 0.155. The first-order chi connectivity index (χ1) is 26.0. The zero-order valence-electron chi connectivity index (χ0n) is 30.6. The van der Waals surface area contributed by atoms with E-state index in [0.29, 0.717) is 37.4 Å². The summed E-state index contributed by atoms with van der Waals surface area (Å²) in [5, 5.41) is 53.0. The average molecular weight is 786 g/mol. The molecule has 6 N–H and O–H groups in total. The highest BCUT2D eigenvalue weighted by atomic mass is 35.5. The Balaban J connectivity index is 1.15. The van der Waals surface area contributed by atoms with Crippen molar-refractivity contribution in [2.75, 3.05) is 32.0 Å². The van der Waals surface area contributed by atoms with E-state index in [9.17, 15) is 30.0 Å². The molecule has 54 heavy (non-hydrogen) atoms. The van der Waals surface area contributed by atoms with Crippen molar-refractivity contribution in [3.8, 4) is 16.9 Å². The number of carbonyl (C=O) groups excluding carboxylic acids is 2. The first-order valence-corrected chi connectivity index (χ1v) is 20.0. The number of pyridine rings is 1. The highest BCUT2D eigenvalue weighted by Gasteiger charge is 2.48. The van der Waals surface area contributed by atoms with Crippen molar-refractivity contribution in [2.24, 2.45) is 0 Å². The SMILES string of the molecule is CC(=O)NCCCCN(CCCCSc1ccc(Cl)c(COC2(c3cnccc3-c3ccccc3OC3CC3)CC2)c1)C(=O)[C@@H](O)[C@@H](O)[C@H](O)[C@@H](O)CO. The van der Waals surface area contributed by atoms with Crippen molar-refractivity contribution >= 4 is 35.2 Å². The van der Waals surface area contributed by atoms with E-state index >= 15 is 0 Å². The Bertz CT molecular complexity index is 1690. The number of thioether (sulfide) groups is 1. The molecule has 1 heterocycles. The Morgan fingerprint density at radius 2 is 1.74 bits per heavy atom. The maximum absolute atomic E-state index is 13.2. The summed E-state index contributed by atoms with van der Waals surface area (Å²) in [4.78, 5) is 31.3. The Morgan fingerprint density at radius 1 is 1.00 bits per heavy atom. The lowest BCUT2D eigenvalue weighted by Gasteiger charge is -2.30. The molecular formula is C40H52ClN3O9S. The number of unbranched alkanes of at least 4 members (excludes halogenated alkanes) is 2. The van der Waals surface area contributed by atoms with Gasteiger partial charge in [-0.1, -0.05) is 29.8 Å². The van der Waals surface area contributed by atoms with Crippen molar-refractivity contribution in [3.05, 3.63) is 77.1 Å². The van der Waals surface area contributed by atoms with Crippen LogP contribution >= 0.6 is 23.4 Å². The number of hydrogen-bond acceptors (Lipinski definition) is 11. The van der Waals surface area contributed by atoms with Crippen LogP contribution in [-0.2, 0) is 26.5 Å². The van der Waals surface area contributed by atoms with E-state index in [-0.39, 0.29) is 25.1 Å². The number of aliphatic hydroxyl groups excluding tert-OH is 5. The van der Waals surface area contributed by atoms with Crippen LogP contribution in [0, 0.1) is 0 Å². The van der Waals surface area contributed by atoms with Crippen LogP contribution in [0.15, 0.2) is 65.8 Å². The number of rotatable bonds is 23. The van der Waals surface area contributed by atoms with E-state index in [4.69, 9.17) is 26.2 Å². The number of amides is 2. The molecule has 0 saturated heterocycles. The van der Waals surface area contributed by atoms with Gasteiger partial charge in [-0.3, -0.25) is 14.6 Å². The molecule has 0 radical (unpaired) electrons. The molecule has 2 fully saturated rings. The summed E-state index contributed by atoms with van der Waals surface area (Å²) < 4.78 is 12.9. The minimum atomic E-state index is -1.99. The van der Waals surface area contributed by atoms with Crippen LogP contribution in [0.5, 0.6) is 5.75 Å². The summed E-state index contributed by atoms with van der Waals surface area (Å²) in [6.45, 7) is 1.90. The predicted molar refractivity (Wildman–Crippen MR) is 206 cm³/mol. The third-order valence-corrected chi connectivity index (χ3v) is 11.1. The number of ether oxygens (including phenoxy) is 2. The van der Waals surface area contributed by atoms with Gasteiger partial charge in [-0.05, 0) is 98.6 Å². The molecule has 2 aromatic carbocycles. The van der Waals surface area contributed by atoms with Crippen LogP contribution in [0.2, 0.25) is 5.02 Å². The quantitative estimate of drug-likeness (QED) is 0.0599. The fourth-order valence-corrected chi connectivity index (χ4v) is 7.34. The van der Waals surface area contributed by atoms with Crippen molar-refractivity contribution in [3.63, 3.8) is 0 Å². The van der Waals surface area contributed by atoms with Gasteiger partial charge in [0.1, 0.15) is 24.1 Å². The molecular weight excluding hydrogens is 734 g/mol. The molecule has 2 aliphatic carbocycles. The molecule has 1 aromatic heterocycles. The molecule has 5 rings (SSSR count). The van der Waals surface area contributed by atoms with Crippen molar-refractivity contribution in [1.29, 1.82) is 0 Å². The topological polar surface area (TPSA) is 182 Å². The molecule has 294 valence electrons. The third kappa shape index (κ3) is 11.6. The van der Waals surface area contributed by atoms with Gasteiger partial charge in [-0.25, -0.2) is 0 Å². The molecule has 2 aliphatic rings. The number of halogens is 1. The minimum Gasteiger partial charge on any atom is -0.490 e. The third-order valence-electron chi connectivity index (χ3n) is 9.67. The molecule has 14 heteroatoms. The molecule has 2 amide bonds. The van der Waals surface area contributed by atoms with E-state index in [2.05, 4.69) is 16.4 Å². The van der Waals surface area contributed by atoms with E-state index < -0.39 is 42.5 Å². The second-order valence-electron chi connectivity index (χ2n) is 14.0. The second-order valence-corrected chi connectivity index (χ2v) is 15.6. The van der Waals surface area contributed by atoms with Crippen LogP contribution in [-0.4, -0.2) is 110 Å². The van der Waals surface area contributed by atoms with Crippen molar-refractivity contribution in [1.82, 2.24) is 15.2 Å². The summed E-state index contributed by atoms with van der Waals surface area (Å²) in [7, 11) is 0. The molecule has 0 spiro atoms. The molecule has 0 unspecified atom stereocenters. The van der Waals surface area contributed by atoms with Gasteiger partial charge >= 0.3 is 0 Å². The zero-order valence-corrected chi connectivity index (χ0v) is 32.2. The van der Waals surface area contributed by atoms with Crippen LogP contribution in [0.25, 0.3) is 11.1 Å². The number of aromatic nitrogens is 1. The van der Waals surface area contributed by atoms with E-state index in [1.807, 2.05) is 48.7 Å². The molecule has 4 atom stereocenters. The molecule has 2 saturated carbocycles. The van der Waals surface area contributed by atoms with E-state index in [0.717, 1.165) is 70.8 Å². The maximum atomic E-state index is 13.2. The lowest BCUT2D eigenvalue weighted by Crippen LogP contribution is -2.53. The summed E-state index contributed by atoms with van der Waals surface area (Å²) in [5.74, 6) is 0.673. The molecule has 3 aromatic rings. The van der Waals surface area contributed by atoms with Gasteiger partial charge in [-0.15, -0.1) is 11.8 Å². The lowest BCUT2D eigenvalue weighted by molar-refractivity contribution is -0.158. The Kier molecular flexibility index (Phi) is 15.6. The lowest BCUT2D eigenvalue weighted by atomic mass is 9.96. The number of nitrogens with one attached hydrogen (secondary N) is 1. The first-order valence-electron chi connectivity index (χ1n) is 18.6. The average Bonchev–Trinajstić information content (AvgIpc) is 4.13. The Morgan fingerprint density at radius 3 is 2.44 bits per heavy atom. The van der Waals surface area contributed by atoms with Crippen LogP contribution in [0.4, 0.5) is 0 Å². The van der Waals surface area contributed by atoms with Gasteiger partial charge in [0.15, 0.2) is 6.10 Å². The summed E-state index contributed by atoms with van der Waals surface area (Å²) in [5.41, 5.74) is 3.56. The molecule has 0 bridgehead atoms.